The van der Waals surface area contributed by atoms with Gasteiger partial charge in [-0.2, -0.15) is 0 Å². The van der Waals surface area contributed by atoms with E-state index in [4.69, 9.17) is 9.47 Å². The van der Waals surface area contributed by atoms with Gasteiger partial charge in [0.25, 0.3) is 0 Å². The number of likely N-dealkylation sites (N-methyl/N-ethyl adjacent to an activating group) is 1. The highest BCUT2D eigenvalue weighted by Crippen LogP contribution is 2.42. The van der Waals surface area contributed by atoms with Gasteiger partial charge in [0.05, 0.1) is 11.1 Å². The van der Waals surface area contributed by atoms with E-state index in [0.29, 0.717) is 29.8 Å². The molecular formula is C25H23N3O4S. The van der Waals surface area contributed by atoms with Gasteiger partial charge >= 0.3 is 0 Å². The Morgan fingerprint density at radius 2 is 1.94 bits per heavy atom. The fourth-order valence-corrected chi connectivity index (χ4v) is 4.80. The Kier molecular flexibility index (Phi) is 5.17. The third-order valence-electron chi connectivity index (χ3n) is 5.89. The lowest BCUT2D eigenvalue weighted by molar-refractivity contribution is -0.121. The number of hydrogen-bond acceptors (Lipinski definition) is 6. The highest BCUT2D eigenvalue weighted by atomic mass is 32.1. The normalized spacial score (nSPS) is 16.2. The second-order valence-corrected chi connectivity index (χ2v) is 9.34. The fraction of sp³-hybridized carbons (Fsp3) is 0.240. The van der Waals surface area contributed by atoms with Crippen LogP contribution in [-0.4, -0.2) is 37.1 Å². The summed E-state index contributed by atoms with van der Waals surface area (Å²) in [6, 6.07) is 11.5. The number of aromatic nitrogens is 1. The van der Waals surface area contributed by atoms with Crippen molar-refractivity contribution in [1.29, 1.82) is 0 Å². The number of fused-ring (bicyclic) bond motifs is 2. The molecule has 8 heteroatoms. The molecule has 3 heterocycles. The molecule has 0 atom stereocenters. The monoisotopic (exact) mass is 461 g/mol. The number of anilines is 2. The van der Waals surface area contributed by atoms with E-state index in [9.17, 15) is 9.59 Å². The van der Waals surface area contributed by atoms with Crippen molar-refractivity contribution in [1.82, 2.24) is 4.98 Å². The van der Waals surface area contributed by atoms with Crippen LogP contribution >= 0.6 is 11.3 Å². The molecule has 168 valence electrons. The molecule has 2 amide bonds. The molecule has 0 saturated heterocycles. The Hall–Kier alpha value is -3.65. The van der Waals surface area contributed by atoms with E-state index < -0.39 is 5.41 Å². The van der Waals surface area contributed by atoms with E-state index in [1.807, 2.05) is 55.6 Å². The predicted molar refractivity (Wildman–Crippen MR) is 129 cm³/mol. The first-order valence-corrected chi connectivity index (χ1v) is 11.5. The van der Waals surface area contributed by atoms with Gasteiger partial charge in [-0.25, -0.2) is 4.98 Å². The van der Waals surface area contributed by atoms with Crippen LogP contribution < -0.4 is 19.7 Å². The quantitative estimate of drug-likeness (QED) is 0.579. The van der Waals surface area contributed by atoms with Crippen molar-refractivity contribution < 1.29 is 19.1 Å². The number of amides is 2. The van der Waals surface area contributed by atoms with Crippen LogP contribution in [0.5, 0.6) is 11.5 Å². The molecule has 2 aromatic carbocycles. The van der Waals surface area contributed by atoms with Crippen LogP contribution in [0.2, 0.25) is 0 Å². The van der Waals surface area contributed by atoms with Crippen molar-refractivity contribution >= 4 is 40.0 Å². The van der Waals surface area contributed by atoms with Gasteiger partial charge in [-0.05, 0) is 55.3 Å². The summed E-state index contributed by atoms with van der Waals surface area (Å²) in [5.74, 6) is 1.20. The topological polar surface area (TPSA) is 80.8 Å². The number of nitrogens with one attached hydrogen (secondary N) is 1. The average Bonchev–Trinajstić information content (AvgIpc) is 3.35. The summed E-state index contributed by atoms with van der Waals surface area (Å²) in [6.07, 6.45) is 3.18. The van der Waals surface area contributed by atoms with Crippen LogP contribution in [0.25, 0.3) is 17.3 Å². The fourth-order valence-electron chi connectivity index (χ4n) is 4.08. The van der Waals surface area contributed by atoms with E-state index in [1.54, 1.807) is 18.0 Å². The van der Waals surface area contributed by atoms with Crippen molar-refractivity contribution in [3.05, 3.63) is 59.0 Å². The molecular weight excluding hydrogens is 438 g/mol. The van der Waals surface area contributed by atoms with Crippen LogP contribution in [0.1, 0.15) is 25.0 Å². The van der Waals surface area contributed by atoms with Crippen molar-refractivity contribution in [2.24, 2.45) is 0 Å². The number of nitrogens with zero attached hydrogens (tertiary/aromatic N) is 2. The van der Waals surface area contributed by atoms with E-state index in [2.05, 4.69) is 10.3 Å². The lowest BCUT2D eigenvalue weighted by atomic mass is 9.85. The Morgan fingerprint density at radius 3 is 2.76 bits per heavy atom. The van der Waals surface area contributed by atoms with Gasteiger partial charge in [0.15, 0.2) is 16.6 Å². The van der Waals surface area contributed by atoms with E-state index in [-0.39, 0.29) is 11.8 Å². The molecule has 3 aromatic rings. The zero-order valence-corrected chi connectivity index (χ0v) is 19.4. The molecule has 1 N–H and O–H groups in total. The molecule has 2 aliphatic heterocycles. The number of carbonyl (C=O) groups is 2. The van der Waals surface area contributed by atoms with Crippen LogP contribution in [-0.2, 0) is 15.0 Å². The summed E-state index contributed by atoms with van der Waals surface area (Å²) in [7, 11) is 1.80. The van der Waals surface area contributed by atoms with E-state index in [0.717, 1.165) is 28.1 Å². The smallest absolute Gasteiger partial charge is 0.250 e. The second kappa shape index (κ2) is 8.04. The number of thiazole rings is 1. The van der Waals surface area contributed by atoms with Crippen LogP contribution in [0, 0.1) is 0 Å². The van der Waals surface area contributed by atoms with Gasteiger partial charge in [-0.15, -0.1) is 11.3 Å². The predicted octanol–water partition coefficient (Wildman–Crippen LogP) is 4.49. The van der Waals surface area contributed by atoms with Gasteiger partial charge < -0.3 is 14.4 Å². The molecule has 0 bridgehead atoms. The Bertz CT molecular complexity index is 1290. The van der Waals surface area contributed by atoms with Gasteiger partial charge in [0, 0.05) is 29.8 Å². The first-order valence-electron chi connectivity index (χ1n) is 10.6. The molecule has 5 rings (SSSR count). The molecule has 1 aromatic heterocycles. The molecule has 0 spiro atoms. The molecule has 7 nitrogen and oxygen atoms in total. The highest BCUT2D eigenvalue weighted by molar-refractivity contribution is 7.14. The summed E-state index contributed by atoms with van der Waals surface area (Å²) in [4.78, 5) is 31.2. The van der Waals surface area contributed by atoms with Crippen LogP contribution in [0.15, 0.2) is 47.9 Å². The molecule has 0 unspecified atom stereocenters. The van der Waals surface area contributed by atoms with Crippen molar-refractivity contribution in [2.75, 3.05) is 30.5 Å². The van der Waals surface area contributed by atoms with Crippen LogP contribution in [0.3, 0.4) is 0 Å². The molecule has 0 radical (unpaired) electrons. The largest absolute Gasteiger partial charge is 0.486 e. The Balaban J connectivity index is 1.29. The zero-order chi connectivity index (χ0) is 23.2. The first kappa shape index (κ1) is 21.2. The maximum Gasteiger partial charge on any atom is 0.250 e. The third-order valence-corrected chi connectivity index (χ3v) is 6.65. The molecule has 33 heavy (non-hydrogen) atoms. The maximum atomic E-state index is 12.5. The van der Waals surface area contributed by atoms with Crippen molar-refractivity contribution in [3.63, 3.8) is 0 Å². The lowest BCUT2D eigenvalue weighted by Crippen LogP contribution is -2.33. The Labute approximate surface area is 195 Å². The van der Waals surface area contributed by atoms with Crippen molar-refractivity contribution in [2.45, 2.75) is 19.3 Å². The molecule has 0 fully saturated rings. The minimum atomic E-state index is -0.578. The number of ether oxygens (including phenoxy) is 2. The lowest BCUT2D eigenvalue weighted by Gasteiger charge is -2.18. The second-order valence-electron chi connectivity index (χ2n) is 8.48. The van der Waals surface area contributed by atoms with E-state index >= 15 is 0 Å². The van der Waals surface area contributed by atoms with Gasteiger partial charge in [0.2, 0.25) is 11.8 Å². The molecule has 0 saturated carbocycles. The maximum absolute atomic E-state index is 12.5. The average molecular weight is 462 g/mol. The summed E-state index contributed by atoms with van der Waals surface area (Å²) < 4.78 is 11.1. The summed E-state index contributed by atoms with van der Waals surface area (Å²) in [5, 5.41) is 5.22. The minimum absolute atomic E-state index is 0.0747. The highest BCUT2D eigenvalue weighted by Gasteiger charge is 2.42. The summed E-state index contributed by atoms with van der Waals surface area (Å²) >= 11 is 1.36. The SMILES string of the molecule is CN1C(=O)C(C)(C)c2cc(-c3csc(NC(=O)/C=C\c4ccc5c(c4)OCCO5)n3)ccc21. The van der Waals surface area contributed by atoms with Gasteiger partial charge in [0.1, 0.15) is 13.2 Å². The number of benzene rings is 2. The minimum Gasteiger partial charge on any atom is -0.486 e. The number of carbonyl (C=O) groups excluding carboxylic acids is 2. The third kappa shape index (κ3) is 3.87. The summed E-state index contributed by atoms with van der Waals surface area (Å²) in [5.41, 5.74) is 3.83. The number of rotatable bonds is 4. The Morgan fingerprint density at radius 1 is 1.15 bits per heavy atom. The van der Waals surface area contributed by atoms with Gasteiger partial charge in [-0.3, -0.25) is 14.9 Å². The molecule has 2 aliphatic rings. The standard InChI is InChI=1S/C25H23N3O4S/c1-25(2)17-13-16(6-7-19(17)28(3)23(25)30)18-14-33-24(26-18)27-22(29)9-5-15-4-8-20-21(12-15)32-11-10-31-20/h4-9,12-14H,10-11H2,1-3H3,(H,26,27,29)/b9-5-. The summed E-state index contributed by atoms with van der Waals surface area (Å²) in [6.45, 7) is 4.92. The van der Waals surface area contributed by atoms with Gasteiger partial charge in [-0.1, -0.05) is 12.1 Å². The van der Waals surface area contributed by atoms with Crippen molar-refractivity contribution in [3.8, 4) is 22.8 Å². The van der Waals surface area contributed by atoms with E-state index in [1.165, 1.54) is 17.4 Å². The zero-order valence-electron chi connectivity index (χ0n) is 18.5. The first-order chi connectivity index (χ1) is 15.8. The number of hydrogen-bond donors (Lipinski definition) is 1. The van der Waals surface area contributed by atoms with Crippen LogP contribution in [0.4, 0.5) is 10.8 Å². The molecule has 0 aliphatic carbocycles.